The van der Waals surface area contributed by atoms with E-state index in [0.29, 0.717) is 6.61 Å². The van der Waals surface area contributed by atoms with Crippen molar-refractivity contribution in [3.05, 3.63) is 53.9 Å². The quantitative estimate of drug-likeness (QED) is 0.799. The van der Waals surface area contributed by atoms with Crippen LogP contribution >= 0.6 is 0 Å². The van der Waals surface area contributed by atoms with Gasteiger partial charge in [-0.3, -0.25) is 4.98 Å². The Bertz CT molecular complexity index is 466. The minimum absolute atomic E-state index is 0.531. The van der Waals surface area contributed by atoms with Crippen molar-refractivity contribution in [3.63, 3.8) is 0 Å². The van der Waals surface area contributed by atoms with Crippen LogP contribution in [0.15, 0.2) is 42.6 Å². The van der Waals surface area contributed by atoms with E-state index < -0.39 is 0 Å². The van der Waals surface area contributed by atoms with Crippen LogP contribution in [-0.2, 0) is 6.61 Å². The average molecular weight is 214 g/mol. The third-order valence-electron chi connectivity index (χ3n) is 2.39. The number of ether oxygens (including phenoxy) is 1. The van der Waals surface area contributed by atoms with Crippen LogP contribution < -0.4 is 10.5 Å². The molecule has 0 aliphatic rings. The van der Waals surface area contributed by atoms with Gasteiger partial charge in [0.15, 0.2) is 0 Å². The number of aryl methyl sites for hydroxylation is 1. The predicted octanol–water partition coefficient (Wildman–Crippen LogP) is 2.55. The van der Waals surface area contributed by atoms with Gasteiger partial charge in [-0.1, -0.05) is 6.07 Å². The van der Waals surface area contributed by atoms with Crippen molar-refractivity contribution in [1.29, 1.82) is 0 Å². The van der Waals surface area contributed by atoms with Crippen molar-refractivity contribution in [1.82, 2.24) is 4.98 Å². The smallest absolute Gasteiger partial charge is 0.119 e. The molecule has 0 radical (unpaired) electrons. The third-order valence-corrected chi connectivity index (χ3v) is 2.39. The largest absolute Gasteiger partial charge is 0.489 e. The molecular formula is C13H14N2O. The average Bonchev–Trinajstić information content (AvgIpc) is 2.30. The monoisotopic (exact) mass is 214 g/mol. The molecule has 82 valence electrons. The number of nitrogens with two attached hydrogens (primary N) is 1. The number of aromatic nitrogens is 1. The van der Waals surface area contributed by atoms with E-state index >= 15 is 0 Å². The van der Waals surface area contributed by atoms with Gasteiger partial charge < -0.3 is 10.5 Å². The van der Waals surface area contributed by atoms with Crippen LogP contribution in [0.5, 0.6) is 5.75 Å². The maximum absolute atomic E-state index is 5.63. The molecule has 0 saturated heterocycles. The van der Waals surface area contributed by atoms with E-state index in [-0.39, 0.29) is 0 Å². The Kier molecular flexibility index (Phi) is 3.05. The molecule has 0 spiro atoms. The summed E-state index contributed by atoms with van der Waals surface area (Å²) in [4.78, 5) is 4.21. The zero-order valence-corrected chi connectivity index (χ0v) is 9.18. The molecule has 0 unspecified atom stereocenters. The molecule has 1 aromatic carbocycles. The van der Waals surface area contributed by atoms with Crippen LogP contribution in [0.25, 0.3) is 0 Å². The Hall–Kier alpha value is -2.03. The molecule has 0 atom stereocenters. The van der Waals surface area contributed by atoms with E-state index in [9.17, 15) is 0 Å². The van der Waals surface area contributed by atoms with E-state index in [2.05, 4.69) is 4.98 Å². The van der Waals surface area contributed by atoms with Gasteiger partial charge in [0.2, 0.25) is 0 Å². The SMILES string of the molecule is Cc1ncccc1COc1ccc(N)cc1. The van der Waals surface area contributed by atoms with Gasteiger partial charge in [0, 0.05) is 23.1 Å². The van der Waals surface area contributed by atoms with Crippen molar-refractivity contribution < 1.29 is 4.74 Å². The second kappa shape index (κ2) is 4.66. The van der Waals surface area contributed by atoms with Crippen molar-refractivity contribution in [3.8, 4) is 5.75 Å². The number of pyridine rings is 1. The minimum atomic E-state index is 0.531. The fourth-order valence-electron chi connectivity index (χ4n) is 1.40. The van der Waals surface area contributed by atoms with Gasteiger partial charge >= 0.3 is 0 Å². The fraction of sp³-hybridized carbons (Fsp3) is 0.154. The first-order chi connectivity index (χ1) is 7.75. The first-order valence-corrected chi connectivity index (χ1v) is 5.14. The summed E-state index contributed by atoms with van der Waals surface area (Å²) in [6.07, 6.45) is 1.78. The van der Waals surface area contributed by atoms with Crippen LogP contribution in [0.1, 0.15) is 11.3 Å². The molecule has 0 amide bonds. The summed E-state index contributed by atoms with van der Waals surface area (Å²) in [7, 11) is 0. The van der Waals surface area contributed by atoms with E-state index in [4.69, 9.17) is 10.5 Å². The highest BCUT2D eigenvalue weighted by molar-refractivity contribution is 5.41. The van der Waals surface area contributed by atoms with Gasteiger partial charge in [0.1, 0.15) is 12.4 Å². The van der Waals surface area contributed by atoms with Crippen molar-refractivity contribution in [2.24, 2.45) is 0 Å². The van der Waals surface area contributed by atoms with Gasteiger partial charge in [0.25, 0.3) is 0 Å². The maximum Gasteiger partial charge on any atom is 0.119 e. The maximum atomic E-state index is 5.63. The second-order valence-electron chi connectivity index (χ2n) is 3.61. The molecule has 2 rings (SSSR count). The summed E-state index contributed by atoms with van der Waals surface area (Å²) in [5.41, 5.74) is 8.43. The fourth-order valence-corrected chi connectivity index (χ4v) is 1.40. The lowest BCUT2D eigenvalue weighted by Gasteiger charge is -2.07. The van der Waals surface area contributed by atoms with Gasteiger partial charge in [0.05, 0.1) is 0 Å². The van der Waals surface area contributed by atoms with Gasteiger partial charge in [-0.15, -0.1) is 0 Å². The Labute approximate surface area is 94.9 Å². The van der Waals surface area contributed by atoms with E-state index in [1.807, 2.05) is 43.3 Å². The molecular weight excluding hydrogens is 200 g/mol. The molecule has 2 N–H and O–H groups in total. The van der Waals surface area contributed by atoms with Gasteiger partial charge in [-0.2, -0.15) is 0 Å². The van der Waals surface area contributed by atoms with Crippen LogP contribution in [-0.4, -0.2) is 4.98 Å². The molecule has 1 heterocycles. The molecule has 0 aliphatic carbocycles. The van der Waals surface area contributed by atoms with E-state index in [1.54, 1.807) is 6.20 Å². The third kappa shape index (κ3) is 2.51. The van der Waals surface area contributed by atoms with Crippen molar-refractivity contribution >= 4 is 5.69 Å². The van der Waals surface area contributed by atoms with Crippen LogP contribution in [0.3, 0.4) is 0 Å². The number of rotatable bonds is 3. The van der Waals surface area contributed by atoms with Gasteiger partial charge in [-0.05, 0) is 37.3 Å². The number of hydrogen-bond donors (Lipinski definition) is 1. The summed E-state index contributed by atoms with van der Waals surface area (Å²) < 4.78 is 5.63. The molecule has 0 aliphatic heterocycles. The Morgan fingerprint density at radius 3 is 2.62 bits per heavy atom. The summed E-state index contributed by atoms with van der Waals surface area (Å²) in [5.74, 6) is 0.817. The standard InChI is InChI=1S/C13H14N2O/c1-10-11(3-2-8-15-10)9-16-13-6-4-12(14)5-7-13/h2-8H,9,14H2,1H3. The highest BCUT2D eigenvalue weighted by Crippen LogP contribution is 2.15. The molecule has 0 saturated carbocycles. The number of benzene rings is 1. The highest BCUT2D eigenvalue weighted by Gasteiger charge is 1.99. The van der Waals surface area contributed by atoms with Crippen LogP contribution in [0.4, 0.5) is 5.69 Å². The molecule has 3 nitrogen and oxygen atoms in total. The number of nitrogen functional groups attached to an aromatic ring is 1. The van der Waals surface area contributed by atoms with Crippen LogP contribution in [0, 0.1) is 6.92 Å². The van der Waals surface area contributed by atoms with E-state index in [1.165, 1.54) is 0 Å². The lowest BCUT2D eigenvalue weighted by atomic mass is 10.2. The first kappa shape index (κ1) is 10.5. The predicted molar refractivity (Wildman–Crippen MR) is 64.2 cm³/mol. The van der Waals surface area contributed by atoms with Crippen molar-refractivity contribution in [2.75, 3.05) is 5.73 Å². The second-order valence-corrected chi connectivity index (χ2v) is 3.61. The molecule has 1 aromatic heterocycles. The normalized spacial score (nSPS) is 10.1. The lowest BCUT2D eigenvalue weighted by Crippen LogP contribution is -1.99. The molecule has 3 heteroatoms. The number of hydrogen-bond acceptors (Lipinski definition) is 3. The zero-order chi connectivity index (χ0) is 11.4. The molecule has 0 bridgehead atoms. The Balaban J connectivity index is 2.02. The summed E-state index contributed by atoms with van der Waals surface area (Å²) in [6.45, 7) is 2.51. The first-order valence-electron chi connectivity index (χ1n) is 5.14. The summed E-state index contributed by atoms with van der Waals surface area (Å²) in [6, 6.07) is 11.3. The minimum Gasteiger partial charge on any atom is -0.489 e. The molecule has 0 fully saturated rings. The number of nitrogens with zero attached hydrogens (tertiary/aromatic N) is 1. The molecule has 2 aromatic rings. The Morgan fingerprint density at radius 1 is 1.19 bits per heavy atom. The lowest BCUT2D eigenvalue weighted by molar-refractivity contribution is 0.305. The van der Waals surface area contributed by atoms with Gasteiger partial charge in [-0.25, -0.2) is 0 Å². The summed E-state index contributed by atoms with van der Waals surface area (Å²) in [5, 5.41) is 0. The van der Waals surface area contributed by atoms with E-state index in [0.717, 1.165) is 22.7 Å². The topological polar surface area (TPSA) is 48.1 Å². The number of anilines is 1. The Morgan fingerprint density at radius 2 is 1.94 bits per heavy atom. The van der Waals surface area contributed by atoms with Crippen molar-refractivity contribution in [2.45, 2.75) is 13.5 Å². The zero-order valence-electron chi connectivity index (χ0n) is 9.18. The molecule has 16 heavy (non-hydrogen) atoms. The highest BCUT2D eigenvalue weighted by atomic mass is 16.5. The van der Waals surface area contributed by atoms with Crippen LogP contribution in [0.2, 0.25) is 0 Å². The summed E-state index contributed by atoms with van der Waals surface area (Å²) >= 11 is 0.